The minimum atomic E-state index is 0.348. The fourth-order valence-electron chi connectivity index (χ4n) is 0.475. The maximum Gasteiger partial charge on any atom is 0.0758 e. The van der Waals surface area contributed by atoms with Crippen LogP contribution >= 0.6 is 15.9 Å². The summed E-state index contributed by atoms with van der Waals surface area (Å²) in [5.41, 5.74) is 0. The molecule has 0 spiro atoms. The van der Waals surface area contributed by atoms with Gasteiger partial charge in [0.05, 0.1) is 4.83 Å². The van der Waals surface area contributed by atoms with Gasteiger partial charge < -0.3 is 0 Å². The van der Waals surface area contributed by atoms with Crippen LogP contribution in [0.25, 0.3) is 0 Å². The number of rotatable bonds is 2. The largest absolute Gasteiger partial charge is 0.0907 e. The van der Waals surface area contributed by atoms with Crippen molar-refractivity contribution in [2.75, 3.05) is 0 Å². The van der Waals surface area contributed by atoms with Crippen LogP contribution in [0.15, 0.2) is 12.7 Å². The predicted molar refractivity (Wildman–Crippen MR) is 45.6 cm³/mol. The van der Waals surface area contributed by atoms with E-state index in [9.17, 15) is 0 Å². The lowest BCUT2D eigenvalue weighted by atomic mass is 10.2. The second-order valence-electron chi connectivity index (χ2n) is 1.75. The highest BCUT2D eigenvalue weighted by atomic mass is 79.9. The molecule has 0 rings (SSSR count). The van der Waals surface area contributed by atoms with Crippen molar-refractivity contribution in [3.63, 3.8) is 0 Å². The van der Waals surface area contributed by atoms with Gasteiger partial charge in [-0.2, -0.15) is 0 Å². The molecule has 0 nitrogen and oxygen atoms in total. The summed E-state index contributed by atoms with van der Waals surface area (Å²) in [6, 6.07) is 0. The standard InChI is InChI=1S/C8H11Br/c1-3-5-7-8(9)6-4-2/h3,8H,1,4,6H2,2H3. The van der Waals surface area contributed by atoms with Crippen LogP contribution in [0.3, 0.4) is 0 Å². The predicted octanol–water partition coefficient (Wildman–Crippen LogP) is 2.74. The molecule has 0 fully saturated rings. The van der Waals surface area contributed by atoms with E-state index in [1.165, 1.54) is 6.42 Å². The van der Waals surface area contributed by atoms with Crippen molar-refractivity contribution < 1.29 is 0 Å². The van der Waals surface area contributed by atoms with E-state index in [2.05, 4.69) is 41.3 Å². The SMILES string of the molecule is C=CC#CC(Br)CCC. The Balaban J connectivity index is 3.47. The molecule has 50 valence electrons. The molecule has 0 heterocycles. The fraction of sp³-hybridized carbons (Fsp3) is 0.500. The third-order valence-electron chi connectivity index (χ3n) is 0.884. The summed E-state index contributed by atoms with van der Waals surface area (Å²) in [5.74, 6) is 5.78. The van der Waals surface area contributed by atoms with Crippen LogP contribution in [0.5, 0.6) is 0 Å². The molecule has 0 saturated heterocycles. The highest BCUT2D eigenvalue weighted by molar-refractivity contribution is 9.09. The molecule has 1 heteroatoms. The number of hydrogen-bond donors (Lipinski definition) is 0. The summed E-state index contributed by atoms with van der Waals surface area (Å²) in [6.45, 7) is 5.64. The van der Waals surface area contributed by atoms with Crippen molar-refractivity contribution in [1.29, 1.82) is 0 Å². The number of allylic oxidation sites excluding steroid dienone is 1. The van der Waals surface area contributed by atoms with Crippen molar-refractivity contribution in [2.24, 2.45) is 0 Å². The summed E-state index contributed by atoms with van der Waals surface area (Å²) in [7, 11) is 0. The van der Waals surface area contributed by atoms with E-state index in [0.29, 0.717) is 4.83 Å². The number of hydrogen-bond acceptors (Lipinski definition) is 0. The molecule has 0 aromatic rings. The van der Waals surface area contributed by atoms with E-state index in [0.717, 1.165) is 6.42 Å². The van der Waals surface area contributed by atoms with Gasteiger partial charge in [-0.25, -0.2) is 0 Å². The van der Waals surface area contributed by atoms with Crippen LogP contribution in [-0.4, -0.2) is 4.83 Å². The highest BCUT2D eigenvalue weighted by Gasteiger charge is 1.93. The van der Waals surface area contributed by atoms with Gasteiger partial charge in [0.15, 0.2) is 0 Å². The van der Waals surface area contributed by atoms with Crippen molar-refractivity contribution >= 4 is 15.9 Å². The van der Waals surface area contributed by atoms with Crippen molar-refractivity contribution in [1.82, 2.24) is 0 Å². The van der Waals surface area contributed by atoms with Crippen molar-refractivity contribution in [3.05, 3.63) is 12.7 Å². The quantitative estimate of drug-likeness (QED) is 0.460. The Labute approximate surface area is 65.5 Å². The smallest absolute Gasteiger partial charge is 0.0758 e. The second-order valence-corrected chi connectivity index (χ2v) is 2.85. The van der Waals surface area contributed by atoms with E-state index < -0.39 is 0 Å². The van der Waals surface area contributed by atoms with Crippen LogP contribution in [0.2, 0.25) is 0 Å². The zero-order valence-electron chi connectivity index (χ0n) is 5.65. The van der Waals surface area contributed by atoms with Gasteiger partial charge in [-0.15, -0.1) is 0 Å². The van der Waals surface area contributed by atoms with Crippen LogP contribution in [0, 0.1) is 11.8 Å². The Hall–Kier alpha value is -0.220. The summed E-state index contributed by atoms with van der Waals surface area (Å²) >= 11 is 3.42. The molecule has 0 aromatic heterocycles. The first-order valence-electron chi connectivity index (χ1n) is 3.07. The molecule has 0 amide bonds. The summed E-state index contributed by atoms with van der Waals surface area (Å²) in [5, 5.41) is 0. The van der Waals surface area contributed by atoms with E-state index in [1.54, 1.807) is 6.08 Å². The molecule has 0 aliphatic heterocycles. The minimum absolute atomic E-state index is 0.348. The van der Waals surface area contributed by atoms with Crippen LogP contribution in [0.4, 0.5) is 0 Å². The molecule has 0 radical (unpaired) electrons. The fourth-order valence-corrected chi connectivity index (χ4v) is 1.06. The molecule has 0 aliphatic carbocycles. The van der Waals surface area contributed by atoms with E-state index in [1.807, 2.05) is 0 Å². The summed E-state index contributed by atoms with van der Waals surface area (Å²) in [4.78, 5) is 0.348. The first-order chi connectivity index (χ1) is 4.31. The maximum atomic E-state index is 3.50. The van der Waals surface area contributed by atoms with Gasteiger partial charge in [-0.05, 0) is 12.5 Å². The third kappa shape index (κ3) is 5.65. The monoisotopic (exact) mass is 186 g/mol. The Morgan fingerprint density at radius 2 is 2.44 bits per heavy atom. The van der Waals surface area contributed by atoms with Gasteiger partial charge in [-0.1, -0.05) is 47.7 Å². The Bertz CT molecular complexity index is 127. The maximum absolute atomic E-state index is 3.50. The minimum Gasteiger partial charge on any atom is -0.0907 e. The molecule has 9 heavy (non-hydrogen) atoms. The zero-order chi connectivity index (χ0) is 7.11. The molecule has 0 saturated carbocycles. The van der Waals surface area contributed by atoms with Crippen LogP contribution in [-0.2, 0) is 0 Å². The first kappa shape index (κ1) is 8.78. The van der Waals surface area contributed by atoms with Gasteiger partial charge in [0.2, 0.25) is 0 Å². The van der Waals surface area contributed by atoms with E-state index >= 15 is 0 Å². The van der Waals surface area contributed by atoms with Crippen LogP contribution in [0.1, 0.15) is 19.8 Å². The molecule has 0 aliphatic rings. The molecular weight excluding hydrogens is 176 g/mol. The Kier molecular flexibility index (Phi) is 5.76. The third-order valence-corrected chi connectivity index (χ3v) is 1.57. The Morgan fingerprint density at radius 3 is 2.89 bits per heavy atom. The molecule has 1 unspecified atom stereocenters. The normalized spacial score (nSPS) is 11.3. The summed E-state index contributed by atoms with van der Waals surface area (Å²) < 4.78 is 0. The lowest BCUT2D eigenvalue weighted by molar-refractivity contribution is 0.848. The van der Waals surface area contributed by atoms with Gasteiger partial charge in [0.1, 0.15) is 0 Å². The molecule has 0 aromatic carbocycles. The topological polar surface area (TPSA) is 0 Å². The average molecular weight is 187 g/mol. The Morgan fingerprint density at radius 1 is 1.78 bits per heavy atom. The van der Waals surface area contributed by atoms with E-state index in [-0.39, 0.29) is 0 Å². The molecule has 0 N–H and O–H groups in total. The van der Waals surface area contributed by atoms with Crippen LogP contribution < -0.4 is 0 Å². The first-order valence-corrected chi connectivity index (χ1v) is 3.98. The van der Waals surface area contributed by atoms with Gasteiger partial charge in [0, 0.05) is 0 Å². The van der Waals surface area contributed by atoms with Crippen molar-refractivity contribution in [2.45, 2.75) is 24.6 Å². The number of halogens is 1. The van der Waals surface area contributed by atoms with Gasteiger partial charge >= 0.3 is 0 Å². The summed E-state index contributed by atoms with van der Waals surface area (Å²) in [6.07, 6.45) is 3.90. The van der Waals surface area contributed by atoms with Gasteiger partial charge in [0.25, 0.3) is 0 Å². The zero-order valence-corrected chi connectivity index (χ0v) is 7.24. The molecule has 1 atom stereocenters. The lowest BCUT2D eigenvalue weighted by Gasteiger charge is -1.94. The van der Waals surface area contributed by atoms with Crippen molar-refractivity contribution in [3.8, 4) is 11.8 Å². The average Bonchev–Trinajstić information content (AvgIpc) is 1.85. The number of alkyl halides is 1. The lowest BCUT2D eigenvalue weighted by Crippen LogP contribution is -1.89. The molecular formula is C8H11Br. The van der Waals surface area contributed by atoms with E-state index in [4.69, 9.17) is 0 Å². The second kappa shape index (κ2) is 5.91. The van der Waals surface area contributed by atoms with Gasteiger partial charge in [-0.3, -0.25) is 0 Å². The molecule has 0 bridgehead atoms. The highest BCUT2D eigenvalue weighted by Crippen LogP contribution is 2.05.